The minimum Gasteiger partial charge on any atom is -0.478 e. The van der Waals surface area contributed by atoms with Crippen LogP contribution in [0.3, 0.4) is 0 Å². The van der Waals surface area contributed by atoms with Gasteiger partial charge >= 0.3 is 16.2 Å². The van der Waals surface area contributed by atoms with Crippen LogP contribution in [0.15, 0.2) is 42.5 Å². The average molecular weight is 428 g/mol. The van der Waals surface area contributed by atoms with E-state index in [1.54, 1.807) is 12.1 Å². The summed E-state index contributed by atoms with van der Waals surface area (Å²) in [7, 11) is -3.90. The summed E-state index contributed by atoms with van der Waals surface area (Å²) < 4.78 is 42.6. The Morgan fingerprint density at radius 2 is 1.82 bits per heavy atom. The number of piperazine rings is 1. The number of halogens is 2. The van der Waals surface area contributed by atoms with Gasteiger partial charge in [0.15, 0.2) is 0 Å². The van der Waals surface area contributed by atoms with Crippen molar-refractivity contribution >= 4 is 33.5 Å². The lowest BCUT2D eigenvalue weighted by molar-refractivity contribution is 0.0697. The highest BCUT2D eigenvalue weighted by Gasteiger charge is 2.31. The van der Waals surface area contributed by atoms with E-state index >= 15 is 0 Å². The number of aromatic carboxylic acids is 1. The van der Waals surface area contributed by atoms with Gasteiger partial charge in [0.1, 0.15) is 5.82 Å². The molecule has 1 saturated heterocycles. The largest absolute Gasteiger partial charge is 0.478 e. The van der Waals surface area contributed by atoms with Crippen LogP contribution < -0.4 is 9.62 Å². The van der Waals surface area contributed by atoms with Gasteiger partial charge in [-0.05, 0) is 35.9 Å². The number of carboxylic acid groups (broad SMARTS) is 1. The Labute approximate surface area is 167 Å². The van der Waals surface area contributed by atoms with E-state index in [2.05, 4.69) is 5.32 Å². The van der Waals surface area contributed by atoms with Gasteiger partial charge in [-0.3, -0.25) is 4.31 Å². The molecular formula is C18H19ClFN3O4S. The van der Waals surface area contributed by atoms with E-state index in [-0.39, 0.29) is 22.8 Å². The first-order valence-corrected chi connectivity index (χ1v) is 10.3. The Balaban J connectivity index is 1.98. The fraction of sp³-hybridized carbons (Fsp3) is 0.278. The van der Waals surface area contributed by atoms with Crippen LogP contribution in [0.2, 0.25) is 5.02 Å². The fourth-order valence-electron chi connectivity index (χ4n) is 2.88. The van der Waals surface area contributed by atoms with E-state index in [9.17, 15) is 17.6 Å². The lowest BCUT2D eigenvalue weighted by Gasteiger charge is -2.33. The summed E-state index contributed by atoms with van der Waals surface area (Å²) in [5.41, 5.74) is 0.918. The summed E-state index contributed by atoms with van der Waals surface area (Å²) in [5, 5.41) is 11.9. The Morgan fingerprint density at radius 1 is 1.18 bits per heavy atom. The van der Waals surface area contributed by atoms with Crippen LogP contribution in [0.5, 0.6) is 0 Å². The number of rotatable bonds is 6. The van der Waals surface area contributed by atoms with Crippen LogP contribution in [0.25, 0.3) is 0 Å². The number of hydrogen-bond acceptors (Lipinski definition) is 4. The second kappa shape index (κ2) is 8.44. The first-order valence-electron chi connectivity index (χ1n) is 8.55. The highest BCUT2D eigenvalue weighted by atomic mass is 35.5. The number of carbonyl (C=O) groups is 1. The van der Waals surface area contributed by atoms with Crippen LogP contribution in [-0.4, -0.2) is 50.0 Å². The van der Waals surface area contributed by atoms with Gasteiger partial charge in [0.25, 0.3) is 0 Å². The van der Waals surface area contributed by atoms with Crippen LogP contribution in [-0.2, 0) is 16.8 Å². The number of nitrogens with one attached hydrogen (secondary N) is 1. The molecule has 0 spiro atoms. The molecule has 150 valence electrons. The molecule has 10 heteroatoms. The number of carboxylic acids is 1. The number of anilines is 1. The van der Waals surface area contributed by atoms with Crippen molar-refractivity contribution in [2.45, 2.75) is 6.54 Å². The zero-order valence-corrected chi connectivity index (χ0v) is 16.4. The van der Waals surface area contributed by atoms with E-state index in [1.807, 2.05) is 0 Å². The molecule has 1 heterocycles. The smallest absolute Gasteiger partial charge is 0.335 e. The second-order valence-corrected chi connectivity index (χ2v) is 8.52. The Bertz CT molecular complexity index is 963. The molecule has 28 heavy (non-hydrogen) atoms. The third-order valence-electron chi connectivity index (χ3n) is 4.40. The second-order valence-electron chi connectivity index (χ2n) is 6.26. The molecule has 0 saturated carbocycles. The van der Waals surface area contributed by atoms with E-state index in [4.69, 9.17) is 16.7 Å². The van der Waals surface area contributed by atoms with Gasteiger partial charge in [0.05, 0.1) is 22.8 Å². The molecule has 1 aliphatic rings. The van der Waals surface area contributed by atoms with Gasteiger partial charge in [0, 0.05) is 26.2 Å². The fourth-order valence-corrected chi connectivity index (χ4v) is 4.67. The summed E-state index contributed by atoms with van der Waals surface area (Å²) in [5.74, 6) is -1.71. The molecule has 0 bridgehead atoms. The first-order chi connectivity index (χ1) is 13.3. The zero-order valence-electron chi connectivity index (χ0n) is 14.8. The lowest BCUT2D eigenvalue weighted by atomic mass is 10.1. The normalized spacial score (nSPS) is 15.4. The average Bonchev–Trinajstić information content (AvgIpc) is 2.69. The van der Waals surface area contributed by atoms with Crippen molar-refractivity contribution in [3.63, 3.8) is 0 Å². The third kappa shape index (κ3) is 4.44. The summed E-state index contributed by atoms with van der Waals surface area (Å²) in [4.78, 5) is 11.0. The Morgan fingerprint density at radius 3 is 2.39 bits per heavy atom. The number of benzene rings is 2. The monoisotopic (exact) mass is 427 g/mol. The highest BCUT2D eigenvalue weighted by molar-refractivity contribution is 7.90. The third-order valence-corrected chi connectivity index (χ3v) is 6.60. The van der Waals surface area contributed by atoms with Crippen molar-refractivity contribution in [2.75, 3.05) is 30.5 Å². The molecule has 7 nitrogen and oxygen atoms in total. The van der Waals surface area contributed by atoms with Crippen LogP contribution >= 0.6 is 11.6 Å². The molecule has 0 amide bonds. The zero-order chi connectivity index (χ0) is 20.3. The van der Waals surface area contributed by atoms with Crippen molar-refractivity contribution in [2.24, 2.45) is 0 Å². The molecule has 0 atom stereocenters. The van der Waals surface area contributed by atoms with E-state index < -0.39 is 22.0 Å². The number of nitrogens with zero attached hydrogens (tertiary/aromatic N) is 2. The minimum atomic E-state index is -3.90. The molecule has 1 fully saturated rings. The molecule has 2 N–H and O–H groups in total. The predicted octanol–water partition coefficient (Wildman–Crippen LogP) is 2.33. The van der Waals surface area contributed by atoms with Gasteiger partial charge in [-0.2, -0.15) is 12.7 Å². The number of hydrogen-bond donors (Lipinski definition) is 2. The van der Waals surface area contributed by atoms with Crippen LogP contribution in [0.1, 0.15) is 15.9 Å². The minimum absolute atomic E-state index is 0.0475. The van der Waals surface area contributed by atoms with Gasteiger partial charge in [-0.25, -0.2) is 9.18 Å². The highest BCUT2D eigenvalue weighted by Crippen LogP contribution is 2.28. The maximum atomic E-state index is 13.6. The lowest BCUT2D eigenvalue weighted by Crippen LogP contribution is -2.51. The van der Waals surface area contributed by atoms with Crippen LogP contribution in [0, 0.1) is 5.82 Å². The maximum Gasteiger partial charge on any atom is 0.335 e. The van der Waals surface area contributed by atoms with Crippen molar-refractivity contribution in [1.29, 1.82) is 0 Å². The van der Waals surface area contributed by atoms with E-state index in [1.165, 1.54) is 28.6 Å². The van der Waals surface area contributed by atoms with Gasteiger partial charge in [-0.15, -0.1) is 0 Å². The van der Waals surface area contributed by atoms with Gasteiger partial charge < -0.3 is 10.4 Å². The standard InChI is InChI=1S/C18H19ClFN3O4S/c19-16-11-15(5-6-17(16)20)23(28(26,27)22-9-7-21-8-10-22)12-13-1-3-14(4-2-13)18(24)25/h1-6,11,21H,7-10,12H2,(H,24,25). The van der Waals surface area contributed by atoms with Crippen LogP contribution in [0.4, 0.5) is 10.1 Å². The summed E-state index contributed by atoms with van der Waals surface area (Å²) >= 11 is 5.87. The SMILES string of the molecule is O=C(O)c1ccc(CN(c2ccc(F)c(Cl)c2)S(=O)(=O)N2CCNCC2)cc1. The quantitative estimate of drug-likeness (QED) is 0.738. The Hall–Kier alpha value is -2.20. The van der Waals surface area contributed by atoms with Crippen molar-refractivity contribution in [3.05, 3.63) is 64.4 Å². The summed E-state index contributed by atoms with van der Waals surface area (Å²) in [6.45, 7) is 1.64. The molecule has 0 aromatic heterocycles. The van der Waals surface area contributed by atoms with E-state index in [0.717, 1.165) is 10.4 Å². The topological polar surface area (TPSA) is 90.0 Å². The molecule has 2 aromatic rings. The molecule has 0 aliphatic carbocycles. The molecule has 0 unspecified atom stereocenters. The Kier molecular flexibility index (Phi) is 6.19. The van der Waals surface area contributed by atoms with Gasteiger partial charge in [0.2, 0.25) is 0 Å². The molecule has 0 radical (unpaired) electrons. The van der Waals surface area contributed by atoms with E-state index in [0.29, 0.717) is 31.7 Å². The molecular weight excluding hydrogens is 409 g/mol. The predicted molar refractivity (Wildman–Crippen MR) is 104 cm³/mol. The molecule has 3 rings (SSSR count). The van der Waals surface area contributed by atoms with Gasteiger partial charge in [-0.1, -0.05) is 23.7 Å². The first kappa shape index (κ1) is 20.5. The molecule has 1 aliphatic heterocycles. The summed E-state index contributed by atoms with van der Waals surface area (Å²) in [6, 6.07) is 9.65. The van der Waals surface area contributed by atoms with Crippen molar-refractivity contribution in [3.8, 4) is 0 Å². The summed E-state index contributed by atoms with van der Waals surface area (Å²) in [6.07, 6.45) is 0. The van der Waals surface area contributed by atoms with Crippen molar-refractivity contribution in [1.82, 2.24) is 9.62 Å². The maximum absolute atomic E-state index is 13.6. The van der Waals surface area contributed by atoms with Crippen molar-refractivity contribution < 1.29 is 22.7 Å². The molecule has 2 aromatic carbocycles.